The molecule has 0 aliphatic rings. The SMILES string of the molecule is [CH2]c1ccccc1[S+]([O-])c1ccccc1. The molecule has 1 radical (unpaired) electrons. The zero-order chi connectivity index (χ0) is 10.7. The second-order valence-corrected chi connectivity index (χ2v) is 4.64. The zero-order valence-electron chi connectivity index (χ0n) is 8.22. The Morgan fingerprint density at radius 3 is 2.13 bits per heavy atom. The van der Waals surface area contributed by atoms with Crippen LogP contribution < -0.4 is 0 Å². The van der Waals surface area contributed by atoms with Crippen LogP contribution in [0.25, 0.3) is 0 Å². The average molecular weight is 215 g/mol. The van der Waals surface area contributed by atoms with Gasteiger partial charge in [-0.05, 0) is 25.1 Å². The van der Waals surface area contributed by atoms with Crippen molar-refractivity contribution in [3.8, 4) is 0 Å². The van der Waals surface area contributed by atoms with E-state index in [0.717, 1.165) is 15.4 Å². The number of benzene rings is 2. The summed E-state index contributed by atoms with van der Waals surface area (Å²) in [5.74, 6) is 0. The molecule has 0 saturated heterocycles. The van der Waals surface area contributed by atoms with Crippen molar-refractivity contribution in [3.05, 3.63) is 67.1 Å². The quantitative estimate of drug-likeness (QED) is 0.706. The number of rotatable bonds is 2. The van der Waals surface area contributed by atoms with Gasteiger partial charge in [0.25, 0.3) is 0 Å². The first-order valence-electron chi connectivity index (χ1n) is 4.67. The first kappa shape index (κ1) is 10.3. The molecule has 0 spiro atoms. The molecule has 15 heavy (non-hydrogen) atoms. The van der Waals surface area contributed by atoms with Crippen molar-refractivity contribution in [2.75, 3.05) is 0 Å². The van der Waals surface area contributed by atoms with Gasteiger partial charge in [-0.3, -0.25) is 0 Å². The molecule has 1 nitrogen and oxygen atoms in total. The summed E-state index contributed by atoms with van der Waals surface area (Å²) in [5.41, 5.74) is 0.819. The predicted molar refractivity (Wildman–Crippen MR) is 62.0 cm³/mol. The number of hydrogen-bond acceptors (Lipinski definition) is 1. The van der Waals surface area contributed by atoms with Gasteiger partial charge in [0.05, 0.1) is 0 Å². The van der Waals surface area contributed by atoms with Crippen LogP contribution in [-0.4, -0.2) is 4.55 Å². The Labute approximate surface area is 92.9 Å². The van der Waals surface area contributed by atoms with Gasteiger partial charge in [-0.2, -0.15) is 0 Å². The van der Waals surface area contributed by atoms with Crippen LogP contribution in [-0.2, 0) is 11.2 Å². The van der Waals surface area contributed by atoms with E-state index in [1.54, 1.807) is 0 Å². The highest BCUT2D eigenvalue weighted by Crippen LogP contribution is 2.22. The molecular weight excluding hydrogens is 204 g/mol. The number of hydrogen-bond donors (Lipinski definition) is 0. The summed E-state index contributed by atoms with van der Waals surface area (Å²) >= 11 is -1.12. The molecule has 2 heteroatoms. The maximum absolute atomic E-state index is 12.1. The van der Waals surface area contributed by atoms with Crippen LogP contribution in [0.4, 0.5) is 0 Å². The first-order valence-corrected chi connectivity index (χ1v) is 5.82. The Bertz CT molecular complexity index is 439. The van der Waals surface area contributed by atoms with Gasteiger partial charge in [0, 0.05) is 16.7 Å². The summed E-state index contributed by atoms with van der Waals surface area (Å²) in [6.07, 6.45) is 0. The van der Waals surface area contributed by atoms with Crippen molar-refractivity contribution in [1.82, 2.24) is 0 Å². The van der Waals surface area contributed by atoms with Crippen LogP contribution in [0, 0.1) is 6.92 Å². The minimum absolute atomic E-state index is 0.781. The highest BCUT2D eigenvalue weighted by molar-refractivity contribution is 7.91. The van der Waals surface area contributed by atoms with Gasteiger partial charge < -0.3 is 4.55 Å². The summed E-state index contributed by atoms with van der Waals surface area (Å²) in [7, 11) is 0. The average Bonchev–Trinajstić information content (AvgIpc) is 2.30. The third-order valence-corrected chi connectivity index (χ3v) is 3.63. The summed E-state index contributed by atoms with van der Waals surface area (Å²) in [6.45, 7) is 3.87. The van der Waals surface area contributed by atoms with Crippen molar-refractivity contribution < 1.29 is 4.55 Å². The highest BCUT2D eigenvalue weighted by Gasteiger charge is 2.15. The van der Waals surface area contributed by atoms with Crippen LogP contribution >= 0.6 is 0 Å². The van der Waals surface area contributed by atoms with Crippen LogP contribution in [0.3, 0.4) is 0 Å². The van der Waals surface area contributed by atoms with Crippen LogP contribution in [0.5, 0.6) is 0 Å². The molecule has 0 aliphatic carbocycles. The van der Waals surface area contributed by atoms with Crippen molar-refractivity contribution in [2.45, 2.75) is 9.79 Å². The van der Waals surface area contributed by atoms with Crippen molar-refractivity contribution in [1.29, 1.82) is 0 Å². The molecule has 0 aromatic heterocycles. The molecule has 75 valence electrons. The van der Waals surface area contributed by atoms with Gasteiger partial charge >= 0.3 is 0 Å². The fourth-order valence-corrected chi connectivity index (χ4v) is 2.52. The zero-order valence-corrected chi connectivity index (χ0v) is 9.04. The Balaban J connectivity index is 2.37. The van der Waals surface area contributed by atoms with E-state index in [4.69, 9.17) is 0 Å². The Kier molecular flexibility index (Phi) is 3.09. The molecule has 2 aromatic rings. The van der Waals surface area contributed by atoms with E-state index in [9.17, 15) is 4.55 Å². The molecule has 2 aromatic carbocycles. The molecule has 0 heterocycles. The van der Waals surface area contributed by atoms with Gasteiger partial charge in [0.15, 0.2) is 9.79 Å². The third kappa shape index (κ3) is 2.22. The normalized spacial score (nSPS) is 12.4. The van der Waals surface area contributed by atoms with Crippen LogP contribution in [0.1, 0.15) is 5.56 Å². The van der Waals surface area contributed by atoms with E-state index < -0.39 is 11.2 Å². The Morgan fingerprint density at radius 1 is 0.867 bits per heavy atom. The van der Waals surface area contributed by atoms with E-state index in [1.165, 1.54) is 0 Å². The largest absolute Gasteiger partial charge is 0.606 e. The van der Waals surface area contributed by atoms with E-state index in [2.05, 4.69) is 6.92 Å². The van der Waals surface area contributed by atoms with E-state index in [1.807, 2.05) is 54.6 Å². The molecule has 0 bridgehead atoms. The first-order chi connectivity index (χ1) is 7.29. The Hall–Kier alpha value is -1.25. The standard InChI is InChI=1S/C13H11OS/c1-11-7-5-6-10-13(11)15(14)12-8-3-2-4-9-12/h2-10H,1H2. The molecule has 2 rings (SSSR count). The molecule has 0 fully saturated rings. The third-order valence-electron chi connectivity index (χ3n) is 2.13. The van der Waals surface area contributed by atoms with Crippen molar-refractivity contribution in [2.24, 2.45) is 0 Å². The lowest BCUT2D eigenvalue weighted by Crippen LogP contribution is -2.03. The van der Waals surface area contributed by atoms with Gasteiger partial charge in [-0.15, -0.1) is 0 Å². The van der Waals surface area contributed by atoms with Crippen molar-refractivity contribution >= 4 is 11.2 Å². The van der Waals surface area contributed by atoms with Gasteiger partial charge in [-0.1, -0.05) is 36.4 Å². The Morgan fingerprint density at radius 2 is 1.47 bits per heavy atom. The maximum Gasteiger partial charge on any atom is 0.161 e. The minimum atomic E-state index is -1.12. The lowest BCUT2D eigenvalue weighted by molar-refractivity contribution is 0.595. The van der Waals surface area contributed by atoms with Crippen molar-refractivity contribution in [3.63, 3.8) is 0 Å². The van der Waals surface area contributed by atoms with Crippen LogP contribution in [0.2, 0.25) is 0 Å². The van der Waals surface area contributed by atoms with E-state index in [0.29, 0.717) is 0 Å². The van der Waals surface area contributed by atoms with Gasteiger partial charge in [0.2, 0.25) is 0 Å². The van der Waals surface area contributed by atoms with Crippen LogP contribution in [0.15, 0.2) is 64.4 Å². The lowest BCUT2D eigenvalue weighted by atomic mass is 10.2. The summed E-state index contributed by atoms with van der Waals surface area (Å²) in [5, 5.41) is 0. The maximum atomic E-state index is 12.1. The fraction of sp³-hybridized carbons (Fsp3) is 0. The molecule has 0 aliphatic heterocycles. The van der Waals surface area contributed by atoms with E-state index >= 15 is 0 Å². The second-order valence-electron chi connectivity index (χ2n) is 3.19. The molecular formula is C13H11OS. The smallest absolute Gasteiger partial charge is 0.161 e. The molecule has 0 amide bonds. The minimum Gasteiger partial charge on any atom is -0.606 e. The second kappa shape index (κ2) is 4.51. The van der Waals surface area contributed by atoms with Gasteiger partial charge in [0.1, 0.15) is 0 Å². The predicted octanol–water partition coefficient (Wildman–Crippen LogP) is 3.04. The molecule has 0 saturated carbocycles. The summed E-state index contributed by atoms with van der Waals surface area (Å²) < 4.78 is 12.1. The summed E-state index contributed by atoms with van der Waals surface area (Å²) in [4.78, 5) is 1.59. The molecule has 0 N–H and O–H groups in total. The fourth-order valence-electron chi connectivity index (χ4n) is 1.36. The van der Waals surface area contributed by atoms with E-state index in [-0.39, 0.29) is 0 Å². The molecule has 1 unspecified atom stereocenters. The monoisotopic (exact) mass is 215 g/mol. The lowest BCUT2D eigenvalue weighted by Gasteiger charge is -2.11. The topological polar surface area (TPSA) is 23.1 Å². The molecule has 1 atom stereocenters. The van der Waals surface area contributed by atoms with Gasteiger partial charge in [-0.25, -0.2) is 0 Å². The highest BCUT2D eigenvalue weighted by atomic mass is 32.2. The summed E-state index contributed by atoms with van der Waals surface area (Å²) in [6, 6.07) is 16.9.